The van der Waals surface area contributed by atoms with E-state index in [1.165, 1.54) is 24.3 Å². The highest BCUT2D eigenvalue weighted by Crippen LogP contribution is 2.25. The lowest BCUT2D eigenvalue weighted by atomic mass is 10.1. The second-order valence-electron chi connectivity index (χ2n) is 3.61. The Morgan fingerprint density at radius 1 is 1.40 bits per heavy atom. The molecule has 1 heterocycles. The summed E-state index contributed by atoms with van der Waals surface area (Å²) >= 11 is 0. The van der Waals surface area contributed by atoms with E-state index in [0.717, 1.165) is 0 Å². The number of nitrogens with zero attached hydrogens (tertiary/aromatic N) is 4. The summed E-state index contributed by atoms with van der Waals surface area (Å²) in [6.45, 7) is 0. The molecule has 0 bridgehead atoms. The van der Waals surface area contributed by atoms with Gasteiger partial charge < -0.3 is 10.2 Å². The van der Waals surface area contributed by atoms with Crippen molar-refractivity contribution in [3.63, 3.8) is 0 Å². The quantitative estimate of drug-likeness (QED) is 0.353. The number of phenols is 2. The number of aromatic amines is 1. The summed E-state index contributed by atoms with van der Waals surface area (Å²) in [6.07, 6.45) is 1.24. The summed E-state index contributed by atoms with van der Waals surface area (Å²) in [5, 5.41) is 42.2. The molecular formula is C11H8N6O3. The topological polar surface area (TPSA) is 148 Å². The molecule has 0 saturated heterocycles. The first kappa shape index (κ1) is 13.0. The van der Waals surface area contributed by atoms with Crippen LogP contribution in [0.1, 0.15) is 5.56 Å². The molecule has 1 aromatic carbocycles. The Hall–Kier alpha value is -3.41. The minimum Gasteiger partial charge on any atom is -0.504 e. The van der Waals surface area contributed by atoms with E-state index in [2.05, 4.69) is 25.9 Å². The number of aromatic nitrogens is 4. The monoisotopic (exact) mass is 272 g/mol. The maximum absolute atomic E-state index is 11.8. The first-order chi connectivity index (χ1) is 9.60. The summed E-state index contributed by atoms with van der Waals surface area (Å²) in [6, 6.07) is 5.61. The number of nitriles is 1. The fourth-order valence-corrected chi connectivity index (χ4v) is 1.33. The molecule has 4 N–H and O–H groups in total. The van der Waals surface area contributed by atoms with Crippen molar-refractivity contribution in [2.75, 3.05) is 5.32 Å². The number of carbonyl (C=O) groups excluding carboxylic acids is 1. The predicted octanol–water partition coefficient (Wildman–Crippen LogP) is 0.157. The van der Waals surface area contributed by atoms with Crippen LogP contribution in [0, 0.1) is 11.3 Å². The van der Waals surface area contributed by atoms with Crippen LogP contribution in [0.5, 0.6) is 11.5 Å². The van der Waals surface area contributed by atoms with Crippen molar-refractivity contribution in [2.24, 2.45) is 0 Å². The molecule has 0 saturated carbocycles. The van der Waals surface area contributed by atoms with Crippen molar-refractivity contribution in [1.82, 2.24) is 20.6 Å². The summed E-state index contributed by atoms with van der Waals surface area (Å²) in [7, 11) is 0. The zero-order valence-corrected chi connectivity index (χ0v) is 9.90. The van der Waals surface area contributed by atoms with Crippen LogP contribution in [0.4, 0.5) is 5.95 Å². The summed E-state index contributed by atoms with van der Waals surface area (Å²) in [4.78, 5) is 11.8. The number of phenolic OH excluding ortho intramolecular Hbond substituents is 2. The minimum absolute atomic E-state index is 0.0651. The van der Waals surface area contributed by atoms with Crippen molar-refractivity contribution in [3.05, 3.63) is 29.3 Å². The molecule has 0 fully saturated rings. The van der Waals surface area contributed by atoms with E-state index in [9.17, 15) is 15.0 Å². The Balaban J connectivity index is 2.22. The van der Waals surface area contributed by atoms with E-state index in [-0.39, 0.29) is 23.0 Å². The van der Waals surface area contributed by atoms with Gasteiger partial charge in [0, 0.05) is 0 Å². The van der Waals surface area contributed by atoms with E-state index in [1.54, 1.807) is 6.07 Å². The van der Waals surface area contributed by atoms with Crippen molar-refractivity contribution < 1.29 is 15.0 Å². The second kappa shape index (κ2) is 5.49. The molecule has 0 aliphatic heterocycles. The van der Waals surface area contributed by atoms with Gasteiger partial charge in [-0.15, -0.1) is 5.10 Å². The second-order valence-corrected chi connectivity index (χ2v) is 3.61. The number of carbonyl (C=O) groups is 1. The number of rotatable bonds is 3. The number of nitrogens with one attached hydrogen (secondary N) is 2. The van der Waals surface area contributed by atoms with Gasteiger partial charge in [0.05, 0.1) is 0 Å². The number of benzene rings is 1. The molecule has 1 amide bonds. The Kier molecular flexibility index (Phi) is 3.58. The van der Waals surface area contributed by atoms with Gasteiger partial charge in [-0.1, -0.05) is 11.2 Å². The van der Waals surface area contributed by atoms with E-state index < -0.39 is 5.91 Å². The number of aromatic hydroxyl groups is 2. The average molecular weight is 272 g/mol. The number of amides is 1. The van der Waals surface area contributed by atoms with Crippen molar-refractivity contribution in [2.45, 2.75) is 0 Å². The zero-order valence-electron chi connectivity index (χ0n) is 9.90. The van der Waals surface area contributed by atoms with Crippen LogP contribution in [0.15, 0.2) is 23.8 Å². The van der Waals surface area contributed by atoms with Crippen LogP contribution in [-0.4, -0.2) is 36.7 Å². The van der Waals surface area contributed by atoms with Crippen LogP contribution >= 0.6 is 0 Å². The number of H-pyrrole nitrogens is 1. The number of anilines is 1. The molecule has 0 radical (unpaired) electrons. The van der Waals surface area contributed by atoms with Crippen LogP contribution < -0.4 is 5.32 Å². The van der Waals surface area contributed by atoms with Gasteiger partial charge in [0.25, 0.3) is 11.9 Å². The lowest BCUT2D eigenvalue weighted by Crippen LogP contribution is -2.14. The van der Waals surface area contributed by atoms with Gasteiger partial charge in [-0.05, 0) is 29.0 Å². The van der Waals surface area contributed by atoms with Crippen molar-refractivity contribution in [1.29, 1.82) is 5.26 Å². The number of hydrogen-bond donors (Lipinski definition) is 4. The average Bonchev–Trinajstić information content (AvgIpc) is 2.92. The summed E-state index contributed by atoms with van der Waals surface area (Å²) in [5.41, 5.74) is 0.153. The normalized spacial score (nSPS) is 10.8. The zero-order chi connectivity index (χ0) is 14.5. The van der Waals surface area contributed by atoms with E-state index in [4.69, 9.17) is 5.26 Å². The van der Waals surface area contributed by atoms with E-state index >= 15 is 0 Å². The first-order valence-electron chi connectivity index (χ1n) is 5.28. The molecule has 2 aromatic rings. The van der Waals surface area contributed by atoms with Gasteiger partial charge in [-0.2, -0.15) is 10.5 Å². The lowest BCUT2D eigenvalue weighted by molar-refractivity contribution is -0.112. The molecular weight excluding hydrogens is 264 g/mol. The maximum atomic E-state index is 11.8. The van der Waals surface area contributed by atoms with Crippen LogP contribution in [0.25, 0.3) is 6.08 Å². The summed E-state index contributed by atoms with van der Waals surface area (Å²) < 4.78 is 0. The Labute approximate surface area is 112 Å². The van der Waals surface area contributed by atoms with Gasteiger partial charge in [0.15, 0.2) is 11.5 Å². The minimum atomic E-state index is -0.721. The highest BCUT2D eigenvalue weighted by Gasteiger charge is 2.12. The van der Waals surface area contributed by atoms with Crippen LogP contribution in [-0.2, 0) is 4.79 Å². The third-order valence-electron chi connectivity index (χ3n) is 2.25. The standard InChI is InChI=1S/C11H8N6O3/c12-5-7(10(20)13-11-14-16-17-15-11)3-6-1-2-8(18)9(19)4-6/h1-4,18-19H,(H2,13,14,15,16,17,20)/b7-3+. The van der Waals surface area contributed by atoms with Gasteiger partial charge >= 0.3 is 0 Å². The molecule has 9 heteroatoms. The van der Waals surface area contributed by atoms with Crippen LogP contribution in [0.2, 0.25) is 0 Å². The molecule has 0 aliphatic carbocycles. The Bertz CT molecular complexity index is 701. The van der Waals surface area contributed by atoms with E-state index in [0.29, 0.717) is 5.56 Å². The largest absolute Gasteiger partial charge is 0.504 e. The molecule has 0 spiro atoms. The molecule has 0 aliphatic rings. The third kappa shape index (κ3) is 2.88. The number of hydrogen-bond acceptors (Lipinski definition) is 7. The highest BCUT2D eigenvalue weighted by molar-refractivity contribution is 6.08. The Morgan fingerprint density at radius 2 is 2.20 bits per heavy atom. The third-order valence-corrected chi connectivity index (χ3v) is 2.25. The summed E-state index contributed by atoms with van der Waals surface area (Å²) in [5.74, 6) is -1.43. The van der Waals surface area contributed by atoms with Gasteiger partial charge in [0.1, 0.15) is 11.6 Å². The molecule has 20 heavy (non-hydrogen) atoms. The fraction of sp³-hybridized carbons (Fsp3) is 0. The molecule has 2 rings (SSSR count). The predicted molar refractivity (Wildman–Crippen MR) is 66.2 cm³/mol. The smallest absolute Gasteiger partial charge is 0.270 e. The first-order valence-corrected chi connectivity index (χ1v) is 5.28. The van der Waals surface area contributed by atoms with Gasteiger partial charge in [-0.25, -0.2) is 0 Å². The molecule has 0 atom stereocenters. The number of tetrazole rings is 1. The highest BCUT2D eigenvalue weighted by atomic mass is 16.3. The van der Waals surface area contributed by atoms with E-state index in [1.807, 2.05) is 0 Å². The molecule has 9 nitrogen and oxygen atoms in total. The van der Waals surface area contributed by atoms with Crippen molar-refractivity contribution >= 4 is 17.9 Å². The lowest BCUT2D eigenvalue weighted by Gasteiger charge is -2.01. The molecule has 0 unspecified atom stereocenters. The fourth-order valence-electron chi connectivity index (χ4n) is 1.33. The van der Waals surface area contributed by atoms with Gasteiger partial charge in [-0.3, -0.25) is 10.1 Å². The SMILES string of the molecule is N#C/C(=C\c1ccc(O)c(O)c1)C(=O)Nc1nn[nH]n1. The maximum Gasteiger partial charge on any atom is 0.270 e. The van der Waals surface area contributed by atoms with Crippen molar-refractivity contribution in [3.8, 4) is 17.6 Å². The molecule has 1 aromatic heterocycles. The van der Waals surface area contributed by atoms with Gasteiger partial charge in [0.2, 0.25) is 0 Å². The van der Waals surface area contributed by atoms with Crippen LogP contribution in [0.3, 0.4) is 0 Å². The molecule has 100 valence electrons. The Morgan fingerprint density at radius 3 is 2.80 bits per heavy atom.